The van der Waals surface area contributed by atoms with E-state index in [9.17, 15) is 5.11 Å². The van der Waals surface area contributed by atoms with Crippen LogP contribution in [0.3, 0.4) is 0 Å². The fourth-order valence-electron chi connectivity index (χ4n) is 2.01. The summed E-state index contributed by atoms with van der Waals surface area (Å²) in [5, 5.41) is 10.3. The van der Waals surface area contributed by atoms with Gasteiger partial charge in [-0.15, -0.1) is 0 Å². The maximum Gasteiger partial charge on any atom is 0.0908 e. The summed E-state index contributed by atoms with van der Waals surface area (Å²) in [7, 11) is 0. The molecule has 1 aromatic carbocycles. The van der Waals surface area contributed by atoms with E-state index in [1.807, 2.05) is 37.3 Å². The van der Waals surface area contributed by atoms with E-state index in [2.05, 4.69) is 19.1 Å². The third-order valence-corrected chi connectivity index (χ3v) is 2.93. The molecule has 0 bridgehead atoms. The molecule has 0 spiro atoms. The fourth-order valence-corrected chi connectivity index (χ4v) is 2.01. The average Bonchev–Trinajstić information content (AvgIpc) is 2.19. The number of aliphatic hydroxyl groups is 1. The normalized spacial score (nSPS) is 25.1. The number of benzene rings is 1. The Labute approximate surface area is 90.8 Å². The van der Waals surface area contributed by atoms with Gasteiger partial charge in [-0.3, -0.25) is 0 Å². The van der Waals surface area contributed by atoms with Crippen LogP contribution in [0.5, 0.6) is 0 Å². The average molecular weight is 200 g/mol. The molecular weight excluding hydrogens is 184 g/mol. The van der Waals surface area contributed by atoms with Gasteiger partial charge in [0.1, 0.15) is 0 Å². The monoisotopic (exact) mass is 200 g/mol. The van der Waals surface area contributed by atoms with Crippen molar-refractivity contribution < 1.29 is 5.11 Å². The molecule has 0 amide bonds. The molecule has 0 heterocycles. The van der Waals surface area contributed by atoms with Gasteiger partial charge in [0.25, 0.3) is 0 Å². The lowest BCUT2D eigenvalue weighted by Crippen LogP contribution is -2.26. The molecule has 78 valence electrons. The standard InChI is InChI=1S/C14H16O/c1-11-7-3-4-8-12(11)13-9-5-6-10-14(13,2)15/h3-9,15H,10H2,1-2H3. The summed E-state index contributed by atoms with van der Waals surface area (Å²) in [6.07, 6.45) is 6.71. The van der Waals surface area contributed by atoms with Crippen molar-refractivity contribution in [2.75, 3.05) is 0 Å². The molecule has 0 radical (unpaired) electrons. The molecule has 0 aliphatic heterocycles. The number of rotatable bonds is 1. The van der Waals surface area contributed by atoms with Gasteiger partial charge in [0.15, 0.2) is 0 Å². The first-order valence-electron chi connectivity index (χ1n) is 5.27. The Kier molecular flexibility index (Phi) is 2.49. The number of allylic oxidation sites excluding steroid dienone is 2. The molecule has 1 heteroatoms. The van der Waals surface area contributed by atoms with Crippen LogP contribution >= 0.6 is 0 Å². The highest BCUT2D eigenvalue weighted by atomic mass is 16.3. The molecule has 0 aromatic heterocycles. The van der Waals surface area contributed by atoms with Crippen molar-refractivity contribution in [3.63, 3.8) is 0 Å². The Morgan fingerprint density at radius 1 is 1.27 bits per heavy atom. The summed E-state index contributed by atoms with van der Waals surface area (Å²) < 4.78 is 0. The van der Waals surface area contributed by atoms with Crippen molar-refractivity contribution in [1.29, 1.82) is 0 Å². The summed E-state index contributed by atoms with van der Waals surface area (Å²) >= 11 is 0. The van der Waals surface area contributed by atoms with E-state index in [-0.39, 0.29) is 0 Å². The zero-order valence-electron chi connectivity index (χ0n) is 9.20. The summed E-state index contributed by atoms with van der Waals surface area (Å²) in [6, 6.07) is 8.17. The second-order valence-electron chi connectivity index (χ2n) is 4.30. The minimum atomic E-state index is -0.735. The SMILES string of the molecule is Cc1ccccc1C1=CC=CCC1(C)O. The molecule has 1 aliphatic carbocycles. The van der Waals surface area contributed by atoms with Gasteiger partial charge in [-0.1, -0.05) is 42.5 Å². The van der Waals surface area contributed by atoms with Crippen molar-refractivity contribution in [2.45, 2.75) is 25.9 Å². The lowest BCUT2D eigenvalue weighted by Gasteiger charge is -2.28. The van der Waals surface area contributed by atoms with Crippen LogP contribution in [-0.2, 0) is 0 Å². The summed E-state index contributed by atoms with van der Waals surface area (Å²) in [5.41, 5.74) is 2.63. The Morgan fingerprint density at radius 2 is 2.00 bits per heavy atom. The Bertz CT molecular complexity index is 425. The zero-order chi connectivity index (χ0) is 10.9. The van der Waals surface area contributed by atoms with E-state index in [4.69, 9.17) is 0 Å². The largest absolute Gasteiger partial charge is 0.385 e. The van der Waals surface area contributed by atoms with Crippen LogP contribution in [0.15, 0.2) is 42.5 Å². The predicted octanol–water partition coefficient (Wildman–Crippen LogP) is 3.09. The molecule has 15 heavy (non-hydrogen) atoms. The smallest absolute Gasteiger partial charge is 0.0908 e. The van der Waals surface area contributed by atoms with Crippen molar-refractivity contribution in [3.8, 4) is 0 Å². The van der Waals surface area contributed by atoms with Crippen molar-refractivity contribution in [3.05, 3.63) is 53.6 Å². The first-order chi connectivity index (χ1) is 7.11. The minimum absolute atomic E-state index is 0.688. The quantitative estimate of drug-likeness (QED) is 0.738. The second-order valence-corrected chi connectivity index (χ2v) is 4.30. The lowest BCUT2D eigenvalue weighted by atomic mass is 9.82. The molecule has 1 N–H and O–H groups in total. The van der Waals surface area contributed by atoms with Crippen molar-refractivity contribution >= 4 is 5.57 Å². The zero-order valence-corrected chi connectivity index (χ0v) is 9.20. The summed E-state index contributed by atoms with van der Waals surface area (Å²) in [5.74, 6) is 0. The predicted molar refractivity (Wildman–Crippen MR) is 63.5 cm³/mol. The van der Waals surface area contributed by atoms with Gasteiger partial charge in [-0.2, -0.15) is 0 Å². The number of hydrogen-bond donors (Lipinski definition) is 1. The molecule has 0 saturated heterocycles. The molecule has 0 fully saturated rings. The van der Waals surface area contributed by atoms with E-state index < -0.39 is 5.60 Å². The van der Waals surface area contributed by atoms with Gasteiger partial charge in [0.05, 0.1) is 5.60 Å². The van der Waals surface area contributed by atoms with Gasteiger partial charge in [0, 0.05) is 0 Å². The maximum absolute atomic E-state index is 10.3. The molecular formula is C14H16O. The molecule has 0 saturated carbocycles. The van der Waals surface area contributed by atoms with Gasteiger partial charge in [0.2, 0.25) is 0 Å². The first-order valence-corrected chi connectivity index (χ1v) is 5.27. The van der Waals surface area contributed by atoms with E-state index in [0.717, 1.165) is 11.1 Å². The van der Waals surface area contributed by atoms with Gasteiger partial charge < -0.3 is 5.11 Å². The third-order valence-electron chi connectivity index (χ3n) is 2.93. The van der Waals surface area contributed by atoms with Crippen LogP contribution in [0.1, 0.15) is 24.5 Å². The van der Waals surface area contributed by atoms with Crippen LogP contribution in [-0.4, -0.2) is 10.7 Å². The van der Waals surface area contributed by atoms with E-state index >= 15 is 0 Å². The topological polar surface area (TPSA) is 20.2 Å². The highest BCUT2D eigenvalue weighted by Crippen LogP contribution is 2.34. The van der Waals surface area contributed by atoms with E-state index in [1.54, 1.807) is 0 Å². The molecule has 1 unspecified atom stereocenters. The van der Waals surface area contributed by atoms with Gasteiger partial charge in [-0.05, 0) is 37.0 Å². The first kappa shape index (κ1) is 10.2. The summed E-state index contributed by atoms with van der Waals surface area (Å²) in [6.45, 7) is 3.94. The Morgan fingerprint density at radius 3 is 2.67 bits per heavy atom. The molecule has 1 atom stereocenters. The van der Waals surface area contributed by atoms with Crippen LogP contribution in [0, 0.1) is 6.92 Å². The Balaban J connectivity index is 2.51. The molecule has 1 aliphatic rings. The van der Waals surface area contributed by atoms with E-state index in [0.29, 0.717) is 6.42 Å². The summed E-state index contributed by atoms with van der Waals surface area (Å²) in [4.78, 5) is 0. The molecule has 1 aromatic rings. The number of aryl methyl sites for hydroxylation is 1. The van der Waals surface area contributed by atoms with Crippen LogP contribution in [0.2, 0.25) is 0 Å². The minimum Gasteiger partial charge on any atom is -0.385 e. The highest BCUT2D eigenvalue weighted by Gasteiger charge is 2.27. The highest BCUT2D eigenvalue weighted by molar-refractivity contribution is 5.76. The van der Waals surface area contributed by atoms with Crippen LogP contribution in [0.4, 0.5) is 0 Å². The third kappa shape index (κ3) is 1.88. The second kappa shape index (κ2) is 3.67. The molecule has 1 nitrogen and oxygen atoms in total. The lowest BCUT2D eigenvalue weighted by molar-refractivity contribution is 0.125. The molecule has 2 rings (SSSR count). The Hall–Kier alpha value is -1.34. The van der Waals surface area contributed by atoms with E-state index in [1.165, 1.54) is 5.56 Å². The van der Waals surface area contributed by atoms with Gasteiger partial charge in [-0.25, -0.2) is 0 Å². The number of hydrogen-bond acceptors (Lipinski definition) is 1. The van der Waals surface area contributed by atoms with Gasteiger partial charge >= 0.3 is 0 Å². The van der Waals surface area contributed by atoms with Crippen molar-refractivity contribution in [2.24, 2.45) is 0 Å². The van der Waals surface area contributed by atoms with Crippen LogP contribution < -0.4 is 0 Å². The maximum atomic E-state index is 10.3. The fraction of sp³-hybridized carbons (Fsp3) is 0.286. The van der Waals surface area contributed by atoms with Crippen LogP contribution in [0.25, 0.3) is 5.57 Å². The van der Waals surface area contributed by atoms with Crippen molar-refractivity contribution in [1.82, 2.24) is 0 Å².